The van der Waals surface area contributed by atoms with Gasteiger partial charge in [0.2, 0.25) is 0 Å². The number of hydrogen-bond acceptors (Lipinski definition) is 2. The number of nitrogens with one attached hydrogen (secondary N) is 2. The van der Waals surface area contributed by atoms with Crippen LogP contribution in [0.4, 0.5) is 4.39 Å². The van der Waals surface area contributed by atoms with Crippen molar-refractivity contribution in [3.05, 3.63) is 83.4 Å². The Bertz CT molecular complexity index is 908. The number of aromatic nitrogens is 2. The number of aryl methyl sites for hydroxylation is 1. The van der Waals surface area contributed by atoms with Gasteiger partial charge < -0.3 is 10.6 Å². The Labute approximate surface area is 182 Å². The minimum absolute atomic E-state index is 0. The molecule has 5 nitrogen and oxygen atoms in total. The second-order valence-electron chi connectivity index (χ2n) is 6.26. The Hall–Kier alpha value is -2.42. The Kier molecular flexibility index (Phi) is 8.43. The molecule has 28 heavy (non-hydrogen) atoms. The summed E-state index contributed by atoms with van der Waals surface area (Å²) < 4.78 is 15.0. The summed E-state index contributed by atoms with van der Waals surface area (Å²) in [6.45, 7) is 3.22. The fraction of sp³-hybridized carbons (Fsp3) is 0.238. The summed E-state index contributed by atoms with van der Waals surface area (Å²) in [6, 6.07) is 16.9. The molecule has 1 heterocycles. The standard InChI is InChI=1S/C21H24FN5.HI/c1-16-14-18(22)9-8-17(16)10-12-24-21(23-2)25-15-19-11-13-27(26-19)20-6-4-3-5-7-20;/h3-9,11,13-14H,10,12,15H2,1-2H3,(H2,23,24,25);1H. The maximum Gasteiger partial charge on any atom is 0.191 e. The van der Waals surface area contributed by atoms with Crippen molar-refractivity contribution in [1.82, 2.24) is 20.4 Å². The molecule has 0 saturated carbocycles. The van der Waals surface area contributed by atoms with E-state index in [1.165, 1.54) is 6.07 Å². The highest BCUT2D eigenvalue weighted by molar-refractivity contribution is 14.0. The second-order valence-corrected chi connectivity index (χ2v) is 6.26. The van der Waals surface area contributed by atoms with Crippen LogP contribution in [0.1, 0.15) is 16.8 Å². The third kappa shape index (κ3) is 6.05. The van der Waals surface area contributed by atoms with Crippen LogP contribution in [0.3, 0.4) is 0 Å². The molecule has 1 aromatic heterocycles. The van der Waals surface area contributed by atoms with Crippen molar-refractivity contribution in [1.29, 1.82) is 0 Å². The van der Waals surface area contributed by atoms with Crippen LogP contribution in [0, 0.1) is 12.7 Å². The normalized spacial score (nSPS) is 11.0. The average molecular weight is 493 g/mol. The minimum Gasteiger partial charge on any atom is -0.356 e. The first-order valence-electron chi connectivity index (χ1n) is 8.95. The van der Waals surface area contributed by atoms with Crippen molar-refractivity contribution in [2.45, 2.75) is 19.9 Å². The van der Waals surface area contributed by atoms with Gasteiger partial charge in [-0.25, -0.2) is 9.07 Å². The quantitative estimate of drug-likeness (QED) is 0.312. The molecule has 0 atom stereocenters. The molecule has 0 amide bonds. The summed E-state index contributed by atoms with van der Waals surface area (Å²) in [6.07, 6.45) is 2.75. The lowest BCUT2D eigenvalue weighted by molar-refractivity contribution is 0.625. The van der Waals surface area contributed by atoms with Crippen molar-refractivity contribution < 1.29 is 4.39 Å². The molecule has 2 N–H and O–H groups in total. The van der Waals surface area contributed by atoms with Crippen molar-refractivity contribution in [3.8, 4) is 5.69 Å². The van der Waals surface area contributed by atoms with E-state index in [2.05, 4.69) is 20.7 Å². The molecule has 0 bridgehead atoms. The number of benzene rings is 2. The Balaban J connectivity index is 0.00000280. The largest absolute Gasteiger partial charge is 0.356 e. The van der Waals surface area contributed by atoms with Crippen LogP contribution in [-0.2, 0) is 13.0 Å². The zero-order chi connectivity index (χ0) is 19.1. The molecule has 0 aliphatic heterocycles. The molecule has 0 fully saturated rings. The number of aliphatic imine (C=N–C) groups is 1. The molecule has 0 unspecified atom stereocenters. The van der Waals surface area contributed by atoms with Crippen LogP contribution in [0.2, 0.25) is 0 Å². The maximum atomic E-state index is 13.2. The minimum atomic E-state index is -0.198. The van der Waals surface area contributed by atoms with Crippen LogP contribution >= 0.6 is 24.0 Å². The molecule has 0 saturated heterocycles. The van der Waals surface area contributed by atoms with Gasteiger partial charge in [0.15, 0.2) is 5.96 Å². The number of nitrogens with zero attached hydrogens (tertiary/aromatic N) is 3. The van der Waals surface area contributed by atoms with E-state index in [4.69, 9.17) is 0 Å². The van der Waals surface area contributed by atoms with Gasteiger partial charge in [0.1, 0.15) is 5.82 Å². The average Bonchev–Trinajstić information content (AvgIpc) is 3.16. The zero-order valence-electron chi connectivity index (χ0n) is 16.0. The maximum absolute atomic E-state index is 13.2. The summed E-state index contributed by atoms with van der Waals surface area (Å²) >= 11 is 0. The van der Waals surface area contributed by atoms with Crippen LogP contribution in [-0.4, -0.2) is 29.3 Å². The molecule has 3 aromatic rings. The first-order chi connectivity index (χ1) is 13.2. The van der Waals surface area contributed by atoms with E-state index in [9.17, 15) is 4.39 Å². The number of halogens is 2. The molecule has 0 radical (unpaired) electrons. The van der Waals surface area contributed by atoms with E-state index >= 15 is 0 Å². The summed E-state index contributed by atoms with van der Waals surface area (Å²) in [5, 5.41) is 11.1. The monoisotopic (exact) mass is 493 g/mol. The second kappa shape index (κ2) is 10.8. The van der Waals surface area contributed by atoms with E-state index in [-0.39, 0.29) is 29.8 Å². The van der Waals surface area contributed by atoms with Gasteiger partial charge in [0, 0.05) is 19.8 Å². The third-order valence-corrected chi connectivity index (χ3v) is 4.32. The van der Waals surface area contributed by atoms with Gasteiger partial charge in [-0.2, -0.15) is 5.10 Å². The highest BCUT2D eigenvalue weighted by atomic mass is 127. The third-order valence-electron chi connectivity index (χ3n) is 4.32. The molecular weight excluding hydrogens is 468 g/mol. The Morgan fingerprint density at radius 3 is 2.61 bits per heavy atom. The van der Waals surface area contributed by atoms with Crippen molar-refractivity contribution >= 4 is 29.9 Å². The molecule has 0 aliphatic carbocycles. The lowest BCUT2D eigenvalue weighted by Crippen LogP contribution is -2.38. The van der Waals surface area contributed by atoms with Gasteiger partial charge in [-0.3, -0.25) is 4.99 Å². The Morgan fingerprint density at radius 1 is 1.11 bits per heavy atom. The van der Waals surface area contributed by atoms with E-state index in [0.29, 0.717) is 19.0 Å². The number of rotatable bonds is 6. The Morgan fingerprint density at radius 2 is 1.89 bits per heavy atom. The smallest absolute Gasteiger partial charge is 0.191 e. The van der Waals surface area contributed by atoms with Gasteiger partial charge in [-0.05, 0) is 54.8 Å². The van der Waals surface area contributed by atoms with Gasteiger partial charge in [0.25, 0.3) is 0 Å². The fourth-order valence-corrected chi connectivity index (χ4v) is 2.83. The molecule has 2 aromatic carbocycles. The number of guanidine groups is 1. The van der Waals surface area contributed by atoms with Crippen LogP contribution < -0.4 is 10.6 Å². The molecule has 0 spiro atoms. The van der Waals surface area contributed by atoms with E-state index in [0.717, 1.165) is 28.9 Å². The van der Waals surface area contributed by atoms with E-state index in [1.807, 2.05) is 60.3 Å². The van der Waals surface area contributed by atoms with Crippen molar-refractivity contribution in [3.63, 3.8) is 0 Å². The van der Waals surface area contributed by atoms with Crippen LogP contribution in [0.15, 0.2) is 65.8 Å². The predicted molar refractivity (Wildman–Crippen MR) is 122 cm³/mol. The summed E-state index contributed by atoms with van der Waals surface area (Å²) in [5.41, 5.74) is 4.05. The molecular formula is C21H25FIN5. The van der Waals surface area contributed by atoms with Crippen molar-refractivity contribution in [2.75, 3.05) is 13.6 Å². The molecule has 0 aliphatic rings. The van der Waals surface area contributed by atoms with Gasteiger partial charge in [-0.15, -0.1) is 24.0 Å². The SMILES string of the molecule is CN=C(NCCc1ccc(F)cc1C)NCc1ccn(-c2ccccc2)n1.I. The highest BCUT2D eigenvalue weighted by Crippen LogP contribution is 2.10. The van der Waals surface area contributed by atoms with Crippen LogP contribution in [0.25, 0.3) is 5.69 Å². The zero-order valence-corrected chi connectivity index (χ0v) is 18.4. The van der Waals surface area contributed by atoms with Gasteiger partial charge >= 0.3 is 0 Å². The molecule has 148 valence electrons. The molecule has 7 heteroatoms. The first kappa shape index (κ1) is 21.9. The van der Waals surface area contributed by atoms with Gasteiger partial charge in [0.05, 0.1) is 17.9 Å². The fourth-order valence-electron chi connectivity index (χ4n) is 2.83. The van der Waals surface area contributed by atoms with Gasteiger partial charge in [-0.1, -0.05) is 24.3 Å². The predicted octanol–water partition coefficient (Wildman–Crippen LogP) is 3.85. The van der Waals surface area contributed by atoms with Crippen molar-refractivity contribution in [2.24, 2.45) is 4.99 Å². The van der Waals surface area contributed by atoms with E-state index < -0.39 is 0 Å². The summed E-state index contributed by atoms with van der Waals surface area (Å²) in [5.74, 6) is 0.514. The summed E-state index contributed by atoms with van der Waals surface area (Å²) in [7, 11) is 1.74. The lowest BCUT2D eigenvalue weighted by Gasteiger charge is -2.12. The highest BCUT2D eigenvalue weighted by Gasteiger charge is 2.04. The lowest BCUT2D eigenvalue weighted by atomic mass is 10.1. The molecule has 3 rings (SSSR count). The number of hydrogen-bond donors (Lipinski definition) is 2. The summed E-state index contributed by atoms with van der Waals surface area (Å²) in [4.78, 5) is 4.24. The first-order valence-corrected chi connectivity index (χ1v) is 8.95. The topological polar surface area (TPSA) is 54.2 Å². The number of para-hydroxylation sites is 1. The van der Waals surface area contributed by atoms with E-state index in [1.54, 1.807) is 13.1 Å². The van der Waals surface area contributed by atoms with Crippen LogP contribution in [0.5, 0.6) is 0 Å².